The van der Waals surface area contributed by atoms with Crippen LogP contribution in [0.25, 0.3) is 73.1 Å². The first-order chi connectivity index (χ1) is 22.2. The van der Waals surface area contributed by atoms with Gasteiger partial charge in [0.05, 0.1) is 11.0 Å². The summed E-state index contributed by atoms with van der Waals surface area (Å²) in [4.78, 5) is 15.0. The van der Waals surface area contributed by atoms with Crippen LogP contribution in [0.4, 0.5) is 0 Å². The van der Waals surface area contributed by atoms with E-state index in [1.165, 1.54) is 21.7 Å². The largest absolute Gasteiger partial charge is 0.456 e. The Morgan fingerprint density at radius 1 is 0.600 bits per heavy atom. The van der Waals surface area contributed by atoms with Gasteiger partial charge < -0.3 is 4.42 Å². The summed E-state index contributed by atoms with van der Waals surface area (Å²) < 4.78 is 8.66. The van der Waals surface area contributed by atoms with Gasteiger partial charge in [0.15, 0.2) is 11.6 Å². The van der Waals surface area contributed by atoms with Crippen LogP contribution in [-0.4, -0.2) is 19.5 Å². The number of fused-ring (bicyclic) bond motifs is 6. The summed E-state index contributed by atoms with van der Waals surface area (Å²) in [6.07, 6.45) is 3.27. The van der Waals surface area contributed by atoms with E-state index in [4.69, 9.17) is 19.4 Å². The summed E-state index contributed by atoms with van der Waals surface area (Å²) >= 11 is 0. The second kappa shape index (κ2) is 10.1. The first-order valence-corrected chi connectivity index (χ1v) is 15.3. The normalized spacial score (nSPS) is 14.6. The van der Waals surface area contributed by atoms with Crippen LogP contribution in [0.15, 0.2) is 132 Å². The van der Waals surface area contributed by atoms with Crippen molar-refractivity contribution in [3.8, 4) is 28.7 Å². The maximum Gasteiger partial charge on any atom is 0.238 e. The van der Waals surface area contributed by atoms with Gasteiger partial charge in [-0.15, -0.1) is 0 Å². The van der Waals surface area contributed by atoms with Crippen molar-refractivity contribution in [1.82, 2.24) is 19.5 Å². The standard InChI is InChI=1S/C40H28N4O/c1-25-22-31(37-33(23-25)30-17-9-11-19-36(30)45-37)28-20-21-35-32(24-28)29-16-8-10-18-34(29)44(35)40-42-38(26-12-4-2-5-13-26)41-39(43-40)27-14-6-3-7-15-27/h2-21,23-25H,22H2,1H3. The van der Waals surface area contributed by atoms with E-state index in [2.05, 4.69) is 78.2 Å². The average Bonchev–Trinajstić information content (AvgIpc) is 3.64. The van der Waals surface area contributed by atoms with E-state index in [1.54, 1.807) is 0 Å². The van der Waals surface area contributed by atoms with Crippen LogP contribution in [-0.2, 0) is 0 Å². The molecule has 0 radical (unpaired) electrons. The highest BCUT2D eigenvalue weighted by Gasteiger charge is 2.21. The van der Waals surface area contributed by atoms with E-state index < -0.39 is 0 Å². The Labute approximate surface area is 259 Å². The Balaban J connectivity index is 1.30. The molecule has 3 aromatic heterocycles. The zero-order valence-corrected chi connectivity index (χ0v) is 24.7. The van der Waals surface area contributed by atoms with Crippen molar-refractivity contribution in [1.29, 1.82) is 0 Å². The van der Waals surface area contributed by atoms with Crippen molar-refractivity contribution >= 4 is 44.4 Å². The molecule has 5 heteroatoms. The number of nitrogens with zero attached hydrogens (tertiary/aromatic N) is 4. The second-order valence-corrected chi connectivity index (χ2v) is 11.8. The van der Waals surface area contributed by atoms with Crippen LogP contribution in [0.1, 0.15) is 18.9 Å². The van der Waals surface area contributed by atoms with Crippen LogP contribution in [0, 0.1) is 5.92 Å². The van der Waals surface area contributed by atoms with E-state index in [0.29, 0.717) is 23.5 Å². The molecular formula is C40H28N4O. The summed E-state index contributed by atoms with van der Waals surface area (Å²) in [6, 6.07) is 43.8. The molecule has 1 unspecified atom stereocenters. The third kappa shape index (κ3) is 4.20. The molecule has 1 aliphatic carbocycles. The number of para-hydroxylation sites is 2. The number of rotatable bonds is 4. The first-order valence-electron chi connectivity index (χ1n) is 15.3. The van der Waals surface area contributed by atoms with Crippen LogP contribution in [0.5, 0.6) is 0 Å². The van der Waals surface area contributed by atoms with Crippen molar-refractivity contribution in [2.45, 2.75) is 13.3 Å². The lowest BCUT2D eigenvalue weighted by Crippen LogP contribution is -2.29. The van der Waals surface area contributed by atoms with Crippen molar-refractivity contribution in [3.63, 3.8) is 0 Å². The molecular weight excluding hydrogens is 552 g/mol. The van der Waals surface area contributed by atoms with E-state index >= 15 is 0 Å². The van der Waals surface area contributed by atoms with Crippen LogP contribution in [0.3, 0.4) is 0 Å². The fourth-order valence-electron chi connectivity index (χ4n) is 6.74. The number of furan rings is 1. The van der Waals surface area contributed by atoms with Gasteiger partial charge in [0, 0.05) is 38.1 Å². The lowest BCUT2D eigenvalue weighted by molar-refractivity contribution is 0.563. The maximum atomic E-state index is 6.49. The molecule has 0 amide bonds. The zero-order chi connectivity index (χ0) is 29.9. The number of aromatic nitrogens is 4. The van der Waals surface area contributed by atoms with E-state index in [0.717, 1.165) is 50.4 Å². The fourth-order valence-corrected chi connectivity index (χ4v) is 6.74. The fraction of sp³-hybridized carbons (Fsp3) is 0.0750. The van der Waals surface area contributed by atoms with Gasteiger partial charge in [-0.2, -0.15) is 9.97 Å². The summed E-state index contributed by atoms with van der Waals surface area (Å²) in [5.74, 6) is 2.28. The minimum Gasteiger partial charge on any atom is -0.456 e. The van der Waals surface area contributed by atoms with Gasteiger partial charge >= 0.3 is 0 Å². The molecule has 8 aromatic rings. The molecule has 0 spiro atoms. The Hall–Kier alpha value is -5.81. The molecule has 45 heavy (non-hydrogen) atoms. The van der Waals surface area contributed by atoms with Crippen LogP contribution >= 0.6 is 0 Å². The molecule has 0 bridgehead atoms. The Morgan fingerprint density at radius 3 is 1.96 bits per heavy atom. The summed E-state index contributed by atoms with van der Waals surface area (Å²) in [5.41, 5.74) is 8.32. The van der Waals surface area contributed by atoms with Gasteiger partial charge in [0.1, 0.15) is 11.0 Å². The molecule has 3 heterocycles. The molecule has 5 nitrogen and oxygen atoms in total. The van der Waals surface area contributed by atoms with E-state index in [-0.39, 0.29) is 0 Å². The topological polar surface area (TPSA) is 56.7 Å². The highest BCUT2D eigenvalue weighted by atomic mass is 16.3. The van der Waals surface area contributed by atoms with E-state index in [1.807, 2.05) is 66.7 Å². The lowest BCUT2D eigenvalue weighted by Gasteiger charge is -2.15. The third-order valence-electron chi connectivity index (χ3n) is 8.79. The summed E-state index contributed by atoms with van der Waals surface area (Å²) in [7, 11) is 0. The quantitative estimate of drug-likeness (QED) is 0.211. The van der Waals surface area contributed by atoms with Crippen molar-refractivity contribution < 1.29 is 4.42 Å². The molecule has 1 aliphatic rings. The van der Waals surface area contributed by atoms with Gasteiger partial charge in [-0.1, -0.05) is 116 Å². The van der Waals surface area contributed by atoms with E-state index in [9.17, 15) is 0 Å². The predicted molar refractivity (Wildman–Crippen MR) is 181 cm³/mol. The first kappa shape index (κ1) is 25.7. The van der Waals surface area contributed by atoms with Gasteiger partial charge in [0.25, 0.3) is 0 Å². The summed E-state index contributed by atoms with van der Waals surface area (Å²) in [6.45, 7) is 2.28. The lowest BCUT2D eigenvalue weighted by atomic mass is 9.90. The average molecular weight is 581 g/mol. The maximum absolute atomic E-state index is 6.49. The van der Waals surface area contributed by atoms with Crippen molar-refractivity contribution in [3.05, 3.63) is 144 Å². The number of hydrogen-bond acceptors (Lipinski definition) is 4. The van der Waals surface area contributed by atoms with Gasteiger partial charge in [-0.25, -0.2) is 4.98 Å². The molecule has 0 aliphatic heterocycles. The molecule has 9 rings (SSSR count). The number of hydrogen-bond donors (Lipinski definition) is 0. The Kier molecular flexibility index (Phi) is 5.78. The Morgan fingerprint density at radius 2 is 1.22 bits per heavy atom. The third-order valence-corrected chi connectivity index (χ3v) is 8.79. The molecule has 0 saturated heterocycles. The minimum atomic E-state index is 0.406. The molecule has 5 aromatic carbocycles. The second-order valence-electron chi connectivity index (χ2n) is 11.8. The zero-order valence-electron chi connectivity index (χ0n) is 24.7. The van der Waals surface area contributed by atoms with Gasteiger partial charge in [0.2, 0.25) is 5.95 Å². The molecule has 0 fully saturated rings. The Bertz CT molecular complexity index is 2470. The van der Waals surface area contributed by atoms with Crippen LogP contribution < -0.4 is 10.6 Å². The van der Waals surface area contributed by atoms with Crippen LogP contribution in [0.2, 0.25) is 0 Å². The van der Waals surface area contributed by atoms with Gasteiger partial charge in [-0.3, -0.25) is 4.57 Å². The molecule has 1 atom stereocenters. The molecule has 0 saturated carbocycles. The highest BCUT2D eigenvalue weighted by molar-refractivity contribution is 6.10. The highest BCUT2D eigenvalue weighted by Crippen LogP contribution is 2.35. The van der Waals surface area contributed by atoms with Crippen molar-refractivity contribution in [2.24, 2.45) is 5.92 Å². The monoisotopic (exact) mass is 580 g/mol. The summed E-state index contributed by atoms with van der Waals surface area (Å²) in [5, 5.41) is 4.68. The smallest absolute Gasteiger partial charge is 0.238 e. The van der Waals surface area contributed by atoms with Gasteiger partial charge in [-0.05, 0) is 42.2 Å². The predicted octanol–water partition coefficient (Wildman–Crippen LogP) is 8.07. The number of benzene rings is 5. The minimum absolute atomic E-state index is 0.406. The SMILES string of the molecule is CC1C=c2c(oc3ccccc23)=C(c2ccc3c(c2)c2ccccc2n3-c2nc(-c3ccccc3)nc(-c3ccccc3)n2)C1. The van der Waals surface area contributed by atoms with Crippen molar-refractivity contribution in [2.75, 3.05) is 0 Å². The molecule has 0 N–H and O–H groups in total. The molecule has 214 valence electrons.